The Bertz CT molecular complexity index is 543. The molecule has 17 heavy (non-hydrogen) atoms. The Kier molecular flexibility index (Phi) is 3.79. The predicted molar refractivity (Wildman–Crippen MR) is 68.5 cm³/mol. The Balaban J connectivity index is 2.21. The average Bonchev–Trinajstić information content (AvgIpc) is 2.62. The van der Waals surface area contributed by atoms with E-state index in [1.807, 2.05) is 0 Å². The fourth-order valence-corrected chi connectivity index (χ4v) is 2.46. The Morgan fingerprint density at radius 3 is 2.65 bits per heavy atom. The van der Waals surface area contributed by atoms with Crippen LogP contribution in [0.2, 0.25) is 0 Å². The van der Waals surface area contributed by atoms with E-state index in [2.05, 4.69) is 31.9 Å². The summed E-state index contributed by atoms with van der Waals surface area (Å²) in [5.41, 5.74) is 1.08. The van der Waals surface area contributed by atoms with Gasteiger partial charge in [-0.15, -0.1) is 0 Å². The quantitative estimate of drug-likeness (QED) is 0.760. The van der Waals surface area contributed by atoms with Crippen LogP contribution < -0.4 is 0 Å². The maximum Gasteiger partial charge on any atom is 0.179 e. The van der Waals surface area contributed by atoms with Gasteiger partial charge in [0.05, 0.1) is 11.8 Å². The lowest BCUT2D eigenvalue weighted by molar-refractivity contribution is 0.0991. The molecule has 0 aliphatic heterocycles. The highest BCUT2D eigenvalue weighted by Crippen LogP contribution is 2.21. The third kappa shape index (κ3) is 3.04. The maximum absolute atomic E-state index is 13.1. The SMILES string of the molecule is O=C(Cc1cc(F)cc(Br)c1)c1ccoc1Br. The number of halogens is 3. The highest BCUT2D eigenvalue weighted by atomic mass is 79.9. The summed E-state index contributed by atoms with van der Waals surface area (Å²) >= 11 is 6.33. The third-order valence-corrected chi connectivity index (χ3v) is 3.28. The minimum atomic E-state index is -0.367. The molecule has 0 aliphatic rings. The third-order valence-electron chi connectivity index (χ3n) is 2.21. The first kappa shape index (κ1) is 12.5. The van der Waals surface area contributed by atoms with E-state index in [1.165, 1.54) is 18.4 Å². The average molecular weight is 362 g/mol. The number of hydrogen-bond donors (Lipinski definition) is 0. The summed E-state index contributed by atoms with van der Waals surface area (Å²) in [5, 5.41) is 0. The second-order valence-electron chi connectivity index (χ2n) is 3.49. The van der Waals surface area contributed by atoms with Crippen molar-refractivity contribution in [1.82, 2.24) is 0 Å². The van der Waals surface area contributed by atoms with Gasteiger partial charge in [-0.2, -0.15) is 0 Å². The second-order valence-corrected chi connectivity index (χ2v) is 5.12. The van der Waals surface area contributed by atoms with Crippen LogP contribution in [0.1, 0.15) is 15.9 Å². The number of Topliss-reactive ketones (excluding diaryl/α,β-unsaturated/α-hetero) is 1. The first-order valence-corrected chi connectivity index (χ1v) is 6.36. The number of carbonyl (C=O) groups is 1. The molecule has 1 heterocycles. The zero-order chi connectivity index (χ0) is 12.4. The molecule has 0 saturated heterocycles. The van der Waals surface area contributed by atoms with Crippen molar-refractivity contribution < 1.29 is 13.6 Å². The Morgan fingerprint density at radius 2 is 2.06 bits per heavy atom. The smallest absolute Gasteiger partial charge is 0.179 e. The molecule has 2 aromatic rings. The summed E-state index contributed by atoms with van der Waals surface area (Å²) in [5.74, 6) is -0.489. The normalized spacial score (nSPS) is 10.5. The zero-order valence-corrected chi connectivity index (χ0v) is 11.7. The number of carbonyl (C=O) groups excluding carboxylic acids is 1. The minimum Gasteiger partial charge on any atom is -0.457 e. The molecule has 0 saturated carbocycles. The van der Waals surface area contributed by atoms with Crippen molar-refractivity contribution in [3.8, 4) is 0 Å². The molecule has 0 aliphatic carbocycles. The molecular formula is C12H7Br2FO2. The zero-order valence-electron chi connectivity index (χ0n) is 8.54. The molecule has 1 aromatic carbocycles. The Morgan fingerprint density at radius 1 is 1.29 bits per heavy atom. The number of benzene rings is 1. The lowest BCUT2D eigenvalue weighted by Gasteiger charge is -2.01. The van der Waals surface area contributed by atoms with Gasteiger partial charge in [0.2, 0.25) is 0 Å². The topological polar surface area (TPSA) is 30.2 Å². The minimum absolute atomic E-state index is 0.122. The van der Waals surface area contributed by atoms with Crippen LogP contribution in [-0.2, 0) is 6.42 Å². The van der Waals surface area contributed by atoms with Gasteiger partial charge in [0, 0.05) is 10.9 Å². The first-order valence-electron chi connectivity index (χ1n) is 4.77. The van der Waals surface area contributed by atoms with Crippen LogP contribution in [0, 0.1) is 5.82 Å². The summed E-state index contributed by atoms with van der Waals surface area (Å²) in [7, 11) is 0. The van der Waals surface area contributed by atoms with E-state index >= 15 is 0 Å². The van der Waals surface area contributed by atoms with Gasteiger partial charge in [-0.05, 0) is 45.8 Å². The van der Waals surface area contributed by atoms with Crippen LogP contribution in [0.3, 0.4) is 0 Å². The van der Waals surface area contributed by atoms with Gasteiger partial charge in [-0.1, -0.05) is 15.9 Å². The van der Waals surface area contributed by atoms with Gasteiger partial charge < -0.3 is 4.42 Å². The first-order chi connectivity index (χ1) is 8.06. The lowest BCUT2D eigenvalue weighted by atomic mass is 10.1. The largest absolute Gasteiger partial charge is 0.457 e. The van der Waals surface area contributed by atoms with E-state index in [-0.39, 0.29) is 18.0 Å². The monoisotopic (exact) mass is 360 g/mol. The van der Waals surface area contributed by atoms with E-state index < -0.39 is 0 Å². The van der Waals surface area contributed by atoms with Gasteiger partial charge in [0.1, 0.15) is 5.82 Å². The molecule has 0 spiro atoms. The van der Waals surface area contributed by atoms with E-state index in [0.29, 0.717) is 20.3 Å². The van der Waals surface area contributed by atoms with E-state index in [4.69, 9.17) is 4.42 Å². The van der Waals surface area contributed by atoms with Crippen LogP contribution in [0.5, 0.6) is 0 Å². The predicted octanol–water partition coefficient (Wildman–Crippen LogP) is 4.37. The summed E-state index contributed by atoms with van der Waals surface area (Å²) < 4.78 is 19.1. The van der Waals surface area contributed by atoms with Crippen molar-refractivity contribution in [3.05, 3.63) is 56.6 Å². The molecule has 0 atom stereocenters. The van der Waals surface area contributed by atoms with Crippen LogP contribution in [0.25, 0.3) is 0 Å². The van der Waals surface area contributed by atoms with E-state index in [1.54, 1.807) is 12.1 Å². The molecule has 0 radical (unpaired) electrons. The number of ketones is 1. The van der Waals surface area contributed by atoms with Crippen molar-refractivity contribution in [2.45, 2.75) is 6.42 Å². The lowest BCUT2D eigenvalue weighted by Crippen LogP contribution is -2.03. The summed E-state index contributed by atoms with van der Waals surface area (Å²) in [6, 6.07) is 5.99. The van der Waals surface area contributed by atoms with Crippen LogP contribution >= 0.6 is 31.9 Å². The van der Waals surface area contributed by atoms with Crippen molar-refractivity contribution in [2.75, 3.05) is 0 Å². The highest BCUT2D eigenvalue weighted by molar-refractivity contribution is 9.10. The number of furan rings is 1. The molecule has 5 heteroatoms. The molecule has 2 nitrogen and oxygen atoms in total. The van der Waals surface area contributed by atoms with Gasteiger partial charge in [-0.3, -0.25) is 4.79 Å². The van der Waals surface area contributed by atoms with Crippen molar-refractivity contribution >= 4 is 37.6 Å². The number of hydrogen-bond acceptors (Lipinski definition) is 2. The molecule has 0 fully saturated rings. The fraction of sp³-hybridized carbons (Fsp3) is 0.0833. The van der Waals surface area contributed by atoms with Gasteiger partial charge in [0.15, 0.2) is 10.5 Å². The molecule has 88 valence electrons. The van der Waals surface area contributed by atoms with Crippen molar-refractivity contribution in [3.63, 3.8) is 0 Å². The van der Waals surface area contributed by atoms with Gasteiger partial charge >= 0.3 is 0 Å². The second kappa shape index (κ2) is 5.14. The van der Waals surface area contributed by atoms with Gasteiger partial charge in [0.25, 0.3) is 0 Å². The standard InChI is InChI=1S/C12H7Br2FO2/c13-8-3-7(4-9(15)6-8)5-11(16)10-1-2-17-12(10)14/h1-4,6H,5H2. The number of rotatable bonds is 3. The van der Waals surface area contributed by atoms with Crippen LogP contribution in [-0.4, -0.2) is 5.78 Å². The van der Waals surface area contributed by atoms with Crippen LogP contribution in [0.4, 0.5) is 4.39 Å². The van der Waals surface area contributed by atoms with Crippen molar-refractivity contribution in [2.24, 2.45) is 0 Å². The summed E-state index contributed by atoms with van der Waals surface area (Å²) in [4.78, 5) is 11.9. The molecule has 0 amide bonds. The molecular weight excluding hydrogens is 355 g/mol. The van der Waals surface area contributed by atoms with Crippen LogP contribution in [0.15, 0.2) is 44.1 Å². The highest BCUT2D eigenvalue weighted by Gasteiger charge is 2.13. The molecule has 1 aromatic heterocycles. The maximum atomic E-state index is 13.1. The Hall–Kier alpha value is -0.940. The molecule has 2 rings (SSSR count). The van der Waals surface area contributed by atoms with Gasteiger partial charge in [-0.25, -0.2) is 4.39 Å². The van der Waals surface area contributed by atoms with E-state index in [0.717, 1.165) is 0 Å². The fourth-order valence-electron chi connectivity index (χ4n) is 1.49. The Labute approximate surface area is 114 Å². The summed E-state index contributed by atoms with van der Waals surface area (Å²) in [6.45, 7) is 0. The molecule has 0 bridgehead atoms. The van der Waals surface area contributed by atoms with Crippen molar-refractivity contribution in [1.29, 1.82) is 0 Å². The summed E-state index contributed by atoms with van der Waals surface area (Å²) in [6.07, 6.45) is 1.56. The molecule has 0 unspecified atom stereocenters. The molecule has 0 N–H and O–H groups in total. The van der Waals surface area contributed by atoms with E-state index in [9.17, 15) is 9.18 Å².